The highest BCUT2D eigenvalue weighted by Gasteiger charge is 2.34. The Morgan fingerprint density at radius 3 is 2.78 bits per heavy atom. The smallest absolute Gasteiger partial charge is 0.252 e. The van der Waals surface area contributed by atoms with E-state index in [2.05, 4.69) is 10.4 Å². The van der Waals surface area contributed by atoms with Crippen molar-refractivity contribution in [3.63, 3.8) is 0 Å². The molecule has 10 heteroatoms. The van der Waals surface area contributed by atoms with Gasteiger partial charge in [0.15, 0.2) is 0 Å². The second-order valence-corrected chi connectivity index (χ2v) is 10.8. The number of aromatic nitrogens is 2. The van der Waals surface area contributed by atoms with Gasteiger partial charge in [-0.05, 0) is 45.7 Å². The Hall–Kier alpha value is -1.42. The molecule has 3 heterocycles. The molecule has 1 aliphatic heterocycles. The minimum Gasteiger partial charge on any atom is -0.311 e. The van der Waals surface area contributed by atoms with E-state index in [0.717, 1.165) is 17.0 Å². The molecule has 1 saturated heterocycles. The highest BCUT2D eigenvalue weighted by molar-refractivity contribution is 7.91. The second-order valence-electron chi connectivity index (χ2n) is 6.96. The van der Waals surface area contributed by atoms with Crippen molar-refractivity contribution in [1.82, 2.24) is 14.1 Å². The van der Waals surface area contributed by atoms with Crippen LogP contribution in [-0.4, -0.2) is 41.5 Å². The van der Waals surface area contributed by atoms with E-state index in [1.54, 1.807) is 10.7 Å². The van der Waals surface area contributed by atoms with Crippen molar-refractivity contribution in [1.29, 1.82) is 0 Å². The van der Waals surface area contributed by atoms with Gasteiger partial charge in [0.25, 0.3) is 10.0 Å². The van der Waals surface area contributed by atoms with Crippen molar-refractivity contribution in [2.75, 3.05) is 18.4 Å². The van der Waals surface area contributed by atoms with Crippen LogP contribution >= 0.6 is 22.9 Å². The fraction of sp³-hybridized carbons (Fsp3) is 0.529. The SMILES string of the molecule is Cc1cc(NC(=O)[C@@H]2CCCN(S(=O)(=O)c3ccc(Cl)s3)C2)n(C(C)C)n1. The molecule has 1 amide bonds. The first kappa shape index (κ1) is 20.3. The topological polar surface area (TPSA) is 84.3 Å². The maximum absolute atomic E-state index is 12.8. The highest BCUT2D eigenvalue weighted by atomic mass is 35.5. The van der Waals surface area contributed by atoms with Gasteiger partial charge in [0.2, 0.25) is 5.91 Å². The maximum atomic E-state index is 12.8. The van der Waals surface area contributed by atoms with Crippen molar-refractivity contribution in [2.45, 2.75) is 43.9 Å². The van der Waals surface area contributed by atoms with Gasteiger partial charge in [-0.1, -0.05) is 11.6 Å². The first-order valence-electron chi connectivity index (χ1n) is 8.81. The van der Waals surface area contributed by atoms with E-state index in [1.807, 2.05) is 26.8 Å². The first-order valence-corrected chi connectivity index (χ1v) is 11.4. The van der Waals surface area contributed by atoms with E-state index >= 15 is 0 Å². The average molecular weight is 431 g/mol. The Morgan fingerprint density at radius 2 is 2.15 bits per heavy atom. The number of nitrogens with one attached hydrogen (secondary N) is 1. The number of piperidine rings is 1. The molecule has 0 aliphatic carbocycles. The Balaban J connectivity index is 1.73. The zero-order chi connectivity index (χ0) is 19.8. The summed E-state index contributed by atoms with van der Waals surface area (Å²) in [6.45, 7) is 6.42. The van der Waals surface area contributed by atoms with Crippen LogP contribution in [0.2, 0.25) is 4.34 Å². The van der Waals surface area contributed by atoms with Gasteiger partial charge < -0.3 is 5.32 Å². The number of carbonyl (C=O) groups excluding carboxylic acids is 1. The summed E-state index contributed by atoms with van der Waals surface area (Å²) >= 11 is 6.91. The van der Waals surface area contributed by atoms with Gasteiger partial charge in [-0.3, -0.25) is 4.79 Å². The lowest BCUT2D eigenvalue weighted by Gasteiger charge is -2.30. The number of rotatable bonds is 5. The lowest BCUT2D eigenvalue weighted by Crippen LogP contribution is -2.43. The quantitative estimate of drug-likeness (QED) is 0.786. The molecule has 1 fully saturated rings. The number of thiophene rings is 1. The van der Waals surface area contributed by atoms with E-state index in [4.69, 9.17) is 11.6 Å². The second kappa shape index (κ2) is 7.90. The average Bonchev–Trinajstić information content (AvgIpc) is 3.21. The van der Waals surface area contributed by atoms with E-state index in [0.29, 0.717) is 29.5 Å². The van der Waals surface area contributed by atoms with Gasteiger partial charge in [0.1, 0.15) is 10.0 Å². The molecule has 148 valence electrons. The Bertz CT molecular complexity index is 936. The van der Waals surface area contributed by atoms with Crippen LogP contribution < -0.4 is 5.32 Å². The lowest BCUT2D eigenvalue weighted by molar-refractivity contribution is -0.120. The van der Waals surface area contributed by atoms with E-state index in [-0.39, 0.29) is 22.7 Å². The van der Waals surface area contributed by atoms with Gasteiger partial charge in [-0.2, -0.15) is 9.40 Å². The third-order valence-electron chi connectivity index (χ3n) is 4.50. The molecular weight excluding hydrogens is 408 g/mol. The van der Waals surface area contributed by atoms with Crippen molar-refractivity contribution in [3.05, 3.63) is 28.2 Å². The number of anilines is 1. The zero-order valence-corrected chi connectivity index (χ0v) is 17.9. The van der Waals surface area contributed by atoms with Crippen LogP contribution in [0.5, 0.6) is 0 Å². The molecule has 0 saturated carbocycles. The van der Waals surface area contributed by atoms with Crippen LogP contribution in [0.1, 0.15) is 38.4 Å². The van der Waals surface area contributed by atoms with Crippen LogP contribution in [0.25, 0.3) is 0 Å². The summed E-state index contributed by atoms with van der Waals surface area (Å²) in [4.78, 5) is 12.8. The summed E-state index contributed by atoms with van der Waals surface area (Å²) in [6, 6.07) is 5.02. The van der Waals surface area contributed by atoms with Crippen molar-refractivity contribution in [3.8, 4) is 0 Å². The minimum absolute atomic E-state index is 0.112. The number of hydrogen-bond donors (Lipinski definition) is 1. The molecule has 1 atom stereocenters. The first-order chi connectivity index (χ1) is 12.7. The van der Waals surface area contributed by atoms with Gasteiger partial charge in [-0.15, -0.1) is 11.3 Å². The van der Waals surface area contributed by atoms with Crippen molar-refractivity contribution < 1.29 is 13.2 Å². The van der Waals surface area contributed by atoms with Crippen LogP contribution in [0.3, 0.4) is 0 Å². The van der Waals surface area contributed by atoms with E-state index in [1.165, 1.54) is 10.4 Å². The summed E-state index contributed by atoms with van der Waals surface area (Å²) < 4.78 is 29.4. The van der Waals surface area contributed by atoms with Crippen molar-refractivity contribution >= 4 is 44.7 Å². The fourth-order valence-corrected chi connectivity index (χ4v) is 6.33. The summed E-state index contributed by atoms with van der Waals surface area (Å²) in [6.07, 6.45) is 1.29. The van der Waals surface area contributed by atoms with E-state index < -0.39 is 15.9 Å². The largest absolute Gasteiger partial charge is 0.311 e. The molecule has 2 aromatic heterocycles. The number of nitrogens with zero attached hydrogens (tertiary/aromatic N) is 3. The van der Waals surface area contributed by atoms with Crippen LogP contribution in [0.4, 0.5) is 5.82 Å². The van der Waals surface area contributed by atoms with Crippen molar-refractivity contribution in [2.24, 2.45) is 5.92 Å². The standard InChI is InChI=1S/C17H23ClN4O3S2/c1-11(2)22-15(9-12(3)20-22)19-17(23)13-5-4-8-21(10-13)27(24,25)16-7-6-14(18)26-16/h6-7,9,11,13H,4-5,8,10H2,1-3H3,(H,19,23)/t13-/m1/s1. The molecule has 0 bridgehead atoms. The van der Waals surface area contributed by atoms with Gasteiger partial charge in [-0.25, -0.2) is 13.1 Å². The zero-order valence-electron chi connectivity index (χ0n) is 15.5. The fourth-order valence-electron chi connectivity index (χ4n) is 3.17. The molecule has 7 nitrogen and oxygen atoms in total. The maximum Gasteiger partial charge on any atom is 0.252 e. The molecule has 0 spiro atoms. The van der Waals surface area contributed by atoms with Gasteiger partial charge >= 0.3 is 0 Å². The lowest BCUT2D eigenvalue weighted by atomic mass is 9.99. The normalized spacial score (nSPS) is 18.8. The Kier molecular flexibility index (Phi) is 5.95. The molecule has 2 aromatic rings. The van der Waals surface area contributed by atoms with Crippen LogP contribution in [0, 0.1) is 12.8 Å². The summed E-state index contributed by atoms with van der Waals surface area (Å²) in [5, 5.41) is 7.31. The van der Waals surface area contributed by atoms with E-state index in [9.17, 15) is 13.2 Å². The predicted molar refractivity (Wildman–Crippen MR) is 107 cm³/mol. The molecule has 0 unspecified atom stereocenters. The number of sulfonamides is 1. The molecule has 0 aromatic carbocycles. The monoisotopic (exact) mass is 430 g/mol. The number of halogens is 1. The number of carbonyl (C=O) groups is 1. The third-order valence-corrected chi connectivity index (χ3v) is 8.06. The van der Waals surface area contributed by atoms with Gasteiger partial charge in [0, 0.05) is 25.2 Å². The third kappa shape index (κ3) is 4.37. The Labute approximate surface area is 168 Å². The molecule has 0 radical (unpaired) electrons. The van der Waals surface area contributed by atoms with Crippen LogP contribution in [0.15, 0.2) is 22.4 Å². The number of amides is 1. The molecule has 1 aliphatic rings. The highest BCUT2D eigenvalue weighted by Crippen LogP contribution is 2.31. The number of hydrogen-bond acceptors (Lipinski definition) is 5. The summed E-state index contributed by atoms with van der Waals surface area (Å²) in [5.74, 6) is 0.0539. The molecule has 27 heavy (non-hydrogen) atoms. The summed E-state index contributed by atoms with van der Waals surface area (Å²) in [7, 11) is -3.63. The van der Waals surface area contributed by atoms with Crippen LogP contribution in [-0.2, 0) is 14.8 Å². The molecule has 3 rings (SSSR count). The predicted octanol–water partition coefficient (Wildman–Crippen LogP) is 3.53. The molecular formula is C17H23ClN4O3S2. The Morgan fingerprint density at radius 1 is 1.41 bits per heavy atom. The molecule has 1 N–H and O–H groups in total. The summed E-state index contributed by atoms with van der Waals surface area (Å²) in [5.41, 5.74) is 0.821. The minimum atomic E-state index is -3.63. The number of aryl methyl sites for hydroxylation is 1. The van der Waals surface area contributed by atoms with Gasteiger partial charge in [0.05, 0.1) is 15.9 Å².